The van der Waals surface area contributed by atoms with Gasteiger partial charge in [-0.1, -0.05) is 19.6 Å². The third-order valence-electron chi connectivity index (χ3n) is 5.90. The van der Waals surface area contributed by atoms with E-state index in [1.807, 2.05) is 6.07 Å². The summed E-state index contributed by atoms with van der Waals surface area (Å²) in [6.07, 6.45) is 2.55. The second-order valence-electron chi connectivity index (χ2n) is 9.82. The van der Waals surface area contributed by atoms with Crippen LogP contribution >= 0.6 is 0 Å². The Morgan fingerprint density at radius 3 is 2.44 bits per heavy atom. The van der Waals surface area contributed by atoms with E-state index in [0.717, 1.165) is 44.6 Å². The molecule has 0 spiro atoms. The summed E-state index contributed by atoms with van der Waals surface area (Å²) >= 11 is 0. The Kier molecular flexibility index (Phi) is 9.32. The number of anilines is 2. The number of hydrogen-bond acceptors (Lipinski definition) is 12. The number of ether oxygens (including phenoxy) is 4. The predicted molar refractivity (Wildman–Crippen MR) is 147 cm³/mol. The molecule has 13 nitrogen and oxygen atoms in total. The number of methoxy groups -OCH3 is 2. The average molecular weight is 558 g/mol. The molecule has 0 atom stereocenters. The number of carbonyl (C=O) groups is 1. The van der Waals surface area contributed by atoms with Crippen molar-refractivity contribution >= 4 is 30.9 Å². The van der Waals surface area contributed by atoms with Crippen LogP contribution in [0.15, 0.2) is 28.8 Å². The zero-order valence-corrected chi connectivity index (χ0v) is 23.9. The number of amides is 1. The van der Waals surface area contributed by atoms with Crippen molar-refractivity contribution < 1.29 is 28.2 Å². The molecule has 1 amide bonds. The molecule has 0 unspecified atom stereocenters. The molecule has 39 heavy (non-hydrogen) atoms. The first-order valence-electron chi connectivity index (χ1n) is 12.7. The van der Waals surface area contributed by atoms with E-state index in [-0.39, 0.29) is 35.2 Å². The molecule has 14 heteroatoms. The molecule has 0 aromatic carbocycles. The quantitative estimate of drug-likeness (QED) is 0.249. The third-order valence-corrected chi connectivity index (χ3v) is 7.72. The van der Waals surface area contributed by atoms with Gasteiger partial charge in [0.2, 0.25) is 17.7 Å². The maximum absolute atomic E-state index is 13.0. The van der Waals surface area contributed by atoms with Crippen LogP contribution in [0.25, 0.3) is 0 Å². The normalized spacial score (nSPS) is 14.1. The molecule has 1 saturated heterocycles. The lowest BCUT2D eigenvalue weighted by Crippen LogP contribution is -2.40. The monoisotopic (exact) mass is 557 g/mol. The lowest BCUT2D eigenvalue weighted by Gasteiger charge is -2.26. The first-order chi connectivity index (χ1) is 18.8. The smallest absolute Gasteiger partial charge is 0.324 e. The van der Waals surface area contributed by atoms with Crippen molar-refractivity contribution in [3.05, 3.63) is 30.2 Å². The topological polar surface area (TPSA) is 146 Å². The van der Waals surface area contributed by atoms with Crippen molar-refractivity contribution in [3.8, 4) is 23.7 Å². The maximum atomic E-state index is 13.0. The molecule has 4 rings (SSSR count). The van der Waals surface area contributed by atoms with Gasteiger partial charge in [-0.05, 0) is 25.1 Å². The van der Waals surface area contributed by atoms with Gasteiger partial charge >= 0.3 is 6.01 Å². The molecular formula is C25H35N7O6Si. The van der Waals surface area contributed by atoms with E-state index in [2.05, 4.69) is 55.1 Å². The molecule has 1 aliphatic heterocycles. The van der Waals surface area contributed by atoms with E-state index in [9.17, 15) is 4.79 Å². The molecule has 3 aromatic heterocycles. The van der Waals surface area contributed by atoms with Crippen LogP contribution in [-0.2, 0) is 4.74 Å². The Labute approximate surface area is 228 Å². The Morgan fingerprint density at radius 2 is 1.77 bits per heavy atom. The van der Waals surface area contributed by atoms with Gasteiger partial charge in [-0.25, -0.2) is 9.97 Å². The molecule has 1 fully saturated rings. The standard InChI is InChI=1S/C25H35N7O6Si/c1-34-22-20(23(35-2)31-24(30-22)26-10-6-12-32-13-15-36-16-14-32)29-21(33)17-7-8-19(37-17)38-25-27-11-9-18(28-25)39(3,4)5/h7-9,11H,6,10,12-16H2,1-5H3,(H,29,33)(H,26,30,31). The lowest BCUT2D eigenvalue weighted by molar-refractivity contribution is 0.0378. The van der Waals surface area contributed by atoms with E-state index >= 15 is 0 Å². The zero-order valence-electron chi connectivity index (χ0n) is 22.9. The average Bonchev–Trinajstić information content (AvgIpc) is 3.40. The second kappa shape index (κ2) is 12.9. The maximum Gasteiger partial charge on any atom is 0.324 e. The second-order valence-corrected chi connectivity index (χ2v) is 14.8. The van der Waals surface area contributed by atoms with Crippen LogP contribution in [0.1, 0.15) is 17.0 Å². The Morgan fingerprint density at radius 1 is 1.05 bits per heavy atom. The molecule has 0 saturated carbocycles. The van der Waals surface area contributed by atoms with Crippen LogP contribution < -0.4 is 30.2 Å². The van der Waals surface area contributed by atoms with E-state index in [4.69, 9.17) is 23.4 Å². The summed E-state index contributed by atoms with van der Waals surface area (Å²) in [6, 6.07) is 5.04. The molecule has 1 aliphatic rings. The minimum Gasteiger partial charge on any atom is -0.479 e. The van der Waals surface area contributed by atoms with Crippen molar-refractivity contribution in [2.24, 2.45) is 0 Å². The van der Waals surface area contributed by atoms with E-state index in [1.54, 1.807) is 6.20 Å². The number of furan rings is 1. The number of hydrogen-bond donors (Lipinski definition) is 2. The highest BCUT2D eigenvalue weighted by Crippen LogP contribution is 2.33. The number of rotatable bonds is 12. The highest BCUT2D eigenvalue weighted by Gasteiger charge is 2.23. The van der Waals surface area contributed by atoms with Gasteiger partial charge in [0.05, 0.1) is 27.4 Å². The summed E-state index contributed by atoms with van der Waals surface area (Å²) in [5.74, 6) is 0.141. The van der Waals surface area contributed by atoms with Gasteiger partial charge in [0.1, 0.15) is 8.07 Å². The zero-order chi connectivity index (χ0) is 27.8. The molecule has 3 aromatic rings. The van der Waals surface area contributed by atoms with Crippen LogP contribution in [0, 0.1) is 0 Å². The van der Waals surface area contributed by atoms with E-state index in [1.165, 1.54) is 26.4 Å². The molecule has 4 heterocycles. The first kappa shape index (κ1) is 28.3. The van der Waals surface area contributed by atoms with Crippen LogP contribution in [0.5, 0.6) is 23.7 Å². The summed E-state index contributed by atoms with van der Waals surface area (Å²) in [4.78, 5) is 32.7. The molecule has 2 N–H and O–H groups in total. The fourth-order valence-corrected chi connectivity index (χ4v) is 4.81. The van der Waals surface area contributed by atoms with Gasteiger partial charge < -0.3 is 34.0 Å². The number of carbonyl (C=O) groups excluding carboxylic acids is 1. The van der Waals surface area contributed by atoms with Crippen molar-refractivity contribution in [2.45, 2.75) is 26.1 Å². The van der Waals surface area contributed by atoms with Crippen molar-refractivity contribution in [2.75, 3.05) is 64.2 Å². The number of nitrogens with zero attached hydrogens (tertiary/aromatic N) is 5. The van der Waals surface area contributed by atoms with Crippen molar-refractivity contribution in [3.63, 3.8) is 0 Å². The number of morpholine rings is 1. The number of aromatic nitrogens is 4. The van der Waals surface area contributed by atoms with Gasteiger partial charge in [-0.3, -0.25) is 9.69 Å². The molecule has 0 aliphatic carbocycles. The van der Waals surface area contributed by atoms with Gasteiger partial charge in [0.15, 0.2) is 11.4 Å². The fraction of sp³-hybridized carbons (Fsp3) is 0.480. The van der Waals surface area contributed by atoms with Crippen molar-refractivity contribution in [1.29, 1.82) is 0 Å². The van der Waals surface area contributed by atoms with E-state index in [0.29, 0.717) is 12.5 Å². The van der Waals surface area contributed by atoms with Gasteiger partial charge in [0, 0.05) is 37.2 Å². The molecule has 0 bridgehead atoms. The summed E-state index contributed by atoms with van der Waals surface area (Å²) < 4.78 is 27.4. The van der Waals surface area contributed by atoms with E-state index < -0.39 is 14.0 Å². The van der Waals surface area contributed by atoms with Crippen LogP contribution in [0.2, 0.25) is 19.6 Å². The SMILES string of the molecule is COc1nc(NCCCN2CCOCC2)nc(OC)c1NC(=O)c1ccc(Oc2nccc([Si](C)(C)C)n2)o1. The Bertz CT molecular complexity index is 1230. The van der Waals surface area contributed by atoms with Gasteiger partial charge in [-0.15, -0.1) is 0 Å². The predicted octanol–water partition coefficient (Wildman–Crippen LogP) is 2.60. The van der Waals surface area contributed by atoms with Crippen molar-refractivity contribution in [1.82, 2.24) is 24.8 Å². The Hall–Kier alpha value is -3.75. The molecule has 0 radical (unpaired) electrons. The molecular weight excluding hydrogens is 522 g/mol. The Balaban J connectivity index is 1.39. The first-order valence-corrected chi connectivity index (χ1v) is 16.2. The lowest BCUT2D eigenvalue weighted by atomic mass is 10.3. The van der Waals surface area contributed by atoms with Crippen LogP contribution in [0.3, 0.4) is 0 Å². The molecule has 210 valence electrons. The minimum atomic E-state index is -1.65. The summed E-state index contributed by atoms with van der Waals surface area (Å²) in [5.41, 5.74) is 0.175. The minimum absolute atomic E-state index is 0.000714. The number of nitrogens with one attached hydrogen (secondary N) is 2. The van der Waals surface area contributed by atoms with Gasteiger partial charge in [0.25, 0.3) is 11.9 Å². The third kappa shape index (κ3) is 7.65. The summed E-state index contributed by atoms with van der Waals surface area (Å²) in [7, 11) is 1.25. The van der Waals surface area contributed by atoms with Crippen LogP contribution in [-0.4, -0.2) is 92.4 Å². The largest absolute Gasteiger partial charge is 0.479 e. The van der Waals surface area contributed by atoms with Gasteiger partial charge in [-0.2, -0.15) is 9.97 Å². The summed E-state index contributed by atoms with van der Waals surface area (Å²) in [5, 5.41) is 6.84. The highest BCUT2D eigenvalue weighted by molar-refractivity contribution is 6.88. The summed E-state index contributed by atoms with van der Waals surface area (Å²) in [6.45, 7) is 11.6. The fourth-order valence-electron chi connectivity index (χ4n) is 3.80. The van der Waals surface area contributed by atoms with Crippen LogP contribution in [0.4, 0.5) is 11.6 Å². The highest BCUT2D eigenvalue weighted by atomic mass is 28.3.